The molecule has 0 bridgehead atoms. The van der Waals surface area contributed by atoms with Crippen LogP contribution in [0.3, 0.4) is 0 Å². The van der Waals surface area contributed by atoms with Gasteiger partial charge < -0.3 is 14.6 Å². The largest absolute Gasteiger partial charge is 0.377 e. The molecule has 1 aliphatic heterocycles. The van der Waals surface area contributed by atoms with Gasteiger partial charge in [-0.3, -0.25) is 14.6 Å². The van der Waals surface area contributed by atoms with Crippen LogP contribution in [-0.2, 0) is 16.0 Å². The molecule has 1 aliphatic rings. The predicted octanol–water partition coefficient (Wildman–Crippen LogP) is 0.332. The number of ether oxygens (including phenoxy) is 1. The van der Waals surface area contributed by atoms with Gasteiger partial charge in [0.05, 0.1) is 6.10 Å². The topological polar surface area (TPSA) is 95.3 Å². The number of likely N-dealkylation sites (tertiary alicyclic amines) is 1. The summed E-state index contributed by atoms with van der Waals surface area (Å²) in [5.41, 5.74) is 0.0479. The highest BCUT2D eigenvalue weighted by atomic mass is 16.5. The Bertz CT molecular complexity index is 632. The number of rotatable bonds is 5. The Balaban J connectivity index is 1.95. The highest BCUT2D eigenvalue weighted by molar-refractivity contribution is 5.76. The summed E-state index contributed by atoms with van der Waals surface area (Å²) >= 11 is 0. The van der Waals surface area contributed by atoms with E-state index in [1.165, 1.54) is 0 Å². The Hall–Kier alpha value is -1.89. The fourth-order valence-corrected chi connectivity index (χ4v) is 2.85. The Morgan fingerprint density at radius 2 is 2.14 bits per heavy atom. The molecular formula is C15H23N3O4. The molecule has 0 aromatic carbocycles. The minimum Gasteiger partial charge on any atom is -0.377 e. The van der Waals surface area contributed by atoms with Gasteiger partial charge in [0.1, 0.15) is 0 Å². The van der Waals surface area contributed by atoms with Gasteiger partial charge >= 0.3 is 5.69 Å². The second-order valence-electron chi connectivity index (χ2n) is 5.57. The highest BCUT2D eigenvalue weighted by Crippen LogP contribution is 2.14. The summed E-state index contributed by atoms with van der Waals surface area (Å²) in [4.78, 5) is 41.8. The van der Waals surface area contributed by atoms with E-state index in [0.717, 1.165) is 19.4 Å². The van der Waals surface area contributed by atoms with Crippen LogP contribution in [0.25, 0.3) is 0 Å². The maximum atomic E-state index is 12.3. The molecule has 0 spiro atoms. The van der Waals surface area contributed by atoms with Crippen LogP contribution in [0.2, 0.25) is 0 Å². The van der Waals surface area contributed by atoms with Gasteiger partial charge in [-0.2, -0.15) is 0 Å². The van der Waals surface area contributed by atoms with Gasteiger partial charge in [0, 0.05) is 37.4 Å². The summed E-state index contributed by atoms with van der Waals surface area (Å²) in [5, 5.41) is 0. The van der Waals surface area contributed by atoms with Gasteiger partial charge in [-0.15, -0.1) is 0 Å². The molecule has 2 N–H and O–H groups in total. The first-order valence-corrected chi connectivity index (χ1v) is 7.72. The molecule has 7 nitrogen and oxygen atoms in total. The van der Waals surface area contributed by atoms with Crippen LogP contribution in [0, 0.1) is 6.92 Å². The van der Waals surface area contributed by atoms with E-state index in [-0.39, 0.29) is 18.4 Å². The first kappa shape index (κ1) is 16.5. The van der Waals surface area contributed by atoms with Crippen molar-refractivity contribution < 1.29 is 9.53 Å². The monoisotopic (exact) mass is 309 g/mol. The number of aromatic amines is 2. The van der Waals surface area contributed by atoms with Gasteiger partial charge in [0.2, 0.25) is 5.91 Å². The number of H-pyrrole nitrogens is 2. The Morgan fingerprint density at radius 1 is 1.36 bits per heavy atom. The number of aryl methyl sites for hydroxylation is 1. The lowest BCUT2D eigenvalue weighted by molar-refractivity contribution is -0.135. The average molecular weight is 309 g/mol. The Labute approximate surface area is 128 Å². The molecule has 2 rings (SSSR count). The van der Waals surface area contributed by atoms with Crippen LogP contribution in [0.4, 0.5) is 0 Å². The van der Waals surface area contributed by atoms with Crippen LogP contribution < -0.4 is 11.2 Å². The molecule has 0 radical (unpaired) electrons. The number of hydrogen-bond acceptors (Lipinski definition) is 4. The third-order valence-electron chi connectivity index (χ3n) is 3.98. The number of hydrogen-bond donors (Lipinski definition) is 2. The zero-order valence-electron chi connectivity index (χ0n) is 13.1. The van der Waals surface area contributed by atoms with Crippen LogP contribution in [0.1, 0.15) is 37.4 Å². The van der Waals surface area contributed by atoms with Gasteiger partial charge in [0.25, 0.3) is 5.56 Å². The molecule has 1 amide bonds. The number of nitrogens with one attached hydrogen (secondary N) is 2. The fraction of sp³-hybridized carbons (Fsp3) is 0.667. The summed E-state index contributed by atoms with van der Waals surface area (Å²) < 4.78 is 5.59. The van der Waals surface area contributed by atoms with E-state index in [2.05, 4.69) is 9.97 Å². The van der Waals surface area contributed by atoms with Gasteiger partial charge in [-0.1, -0.05) is 0 Å². The molecule has 1 saturated heterocycles. The van der Waals surface area contributed by atoms with Gasteiger partial charge in [-0.05, 0) is 33.1 Å². The molecule has 1 aromatic heterocycles. The molecule has 2 heterocycles. The van der Waals surface area contributed by atoms with Crippen molar-refractivity contribution in [3.8, 4) is 0 Å². The number of piperidine rings is 1. The maximum absolute atomic E-state index is 12.3. The smallest absolute Gasteiger partial charge is 0.325 e. The van der Waals surface area contributed by atoms with Gasteiger partial charge in [0.15, 0.2) is 0 Å². The standard InChI is InChI=1S/C15H23N3O4/c1-3-22-11-5-4-8-18(9-11)13(19)7-6-12-10(2)16-15(21)17-14(12)20/h11H,3-9H2,1-2H3,(H2,16,17,20,21)/t11-/m0/s1. The molecule has 0 aliphatic carbocycles. The Morgan fingerprint density at radius 3 is 2.82 bits per heavy atom. The summed E-state index contributed by atoms with van der Waals surface area (Å²) in [5.74, 6) is 0.0226. The first-order valence-electron chi connectivity index (χ1n) is 7.72. The van der Waals surface area contributed by atoms with E-state index < -0.39 is 11.2 Å². The third-order valence-corrected chi connectivity index (χ3v) is 3.98. The normalized spacial score (nSPS) is 18.5. The lowest BCUT2D eigenvalue weighted by Crippen LogP contribution is -2.43. The number of carbonyl (C=O) groups is 1. The van der Waals surface area contributed by atoms with E-state index >= 15 is 0 Å². The maximum Gasteiger partial charge on any atom is 0.325 e. The van der Waals surface area contributed by atoms with Crippen molar-refractivity contribution in [2.45, 2.75) is 45.6 Å². The second kappa shape index (κ2) is 7.40. The fourth-order valence-electron chi connectivity index (χ4n) is 2.85. The van der Waals surface area contributed by atoms with Crippen molar-refractivity contribution in [2.75, 3.05) is 19.7 Å². The number of nitrogens with zero attached hydrogens (tertiary/aromatic N) is 1. The summed E-state index contributed by atoms with van der Waals surface area (Å²) in [6, 6.07) is 0. The quantitative estimate of drug-likeness (QED) is 0.819. The SMILES string of the molecule is CCO[C@H]1CCCN(C(=O)CCc2c(C)[nH]c(=O)[nH]c2=O)C1. The van der Waals surface area contributed by atoms with E-state index in [1.54, 1.807) is 11.8 Å². The average Bonchev–Trinajstić information content (AvgIpc) is 2.46. The molecule has 0 saturated carbocycles. The van der Waals surface area contributed by atoms with Crippen LogP contribution in [-0.4, -0.2) is 46.6 Å². The van der Waals surface area contributed by atoms with Crippen molar-refractivity contribution in [2.24, 2.45) is 0 Å². The van der Waals surface area contributed by atoms with E-state index in [1.807, 2.05) is 6.92 Å². The molecule has 1 fully saturated rings. The van der Waals surface area contributed by atoms with Crippen molar-refractivity contribution in [3.05, 3.63) is 32.1 Å². The van der Waals surface area contributed by atoms with Crippen molar-refractivity contribution >= 4 is 5.91 Å². The number of aromatic nitrogens is 2. The minimum absolute atomic E-state index is 0.0226. The van der Waals surface area contributed by atoms with Crippen molar-refractivity contribution in [1.29, 1.82) is 0 Å². The highest BCUT2D eigenvalue weighted by Gasteiger charge is 2.23. The molecule has 0 unspecified atom stereocenters. The molecule has 122 valence electrons. The summed E-state index contributed by atoms with van der Waals surface area (Å²) in [6.07, 6.45) is 2.62. The number of amides is 1. The lowest BCUT2D eigenvalue weighted by atomic mass is 10.1. The van der Waals surface area contributed by atoms with Gasteiger partial charge in [-0.25, -0.2) is 4.79 Å². The molecule has 1 aromatic rings. The molecule has 7 heteroatoms. The van der Waals surface area contributed by atoms with Crippen LogP contribution in [0.15, 0.2) is 9.59 Å². The second-order valence-corrected chi connectivity index (χ2v) is 5.57. The zero-order valence-corrected chi connectivity index (χ0v) is 13.1. The first-order chi connectivity index (χ1) is 10.5. The van der Waals surface area contributed by atoms with Crippen molar-refractivity contribution in [1.82, 2.24) is 14.9 Å². The number of carbonyl (C=O) groups excluding carboxylic acids is 1. The van der Waals surface area contributed by atoms with E-state index in [4.69, 9.17) is 4.74 Å². The molecular weight excluding hydrogens is 286 g/mol. The lowest BCUT2D eigenvalue weighted by Gasteiger charge is -2.32. The minimum atomic E-state index is -0.520. The summed E-state index contributed by atoms with van der Waals surface area (Å²) in [7, 11) is 0. The zero-order chi connectivity index (χ0) is 16.1. The van der Waals surface area contributed by atoms with E-state index in [9.17, 15) is 14.4 Å². The Kier molecular flexibility index (Phi) is 5.54. The van der Waals surface area contributed by atoms with Crippen molar-refractivity contribution in [3.63, 3.8) is 0 Å². The third kappa shape index (κ3) is 4.07. The summed E-state index contributed by atoms with van der Waals surface area (Å²) in [6.45, 7) is 5.63. The molecule has 1 atom stereocenters. The van der Waals surface area contributed by atoms with Crippen LogP contribution in [0.5, 0.6) is 0 Å². The predicted molar refractivity (Wildman–Crippen MR) is 82.0 cm³/mol. The molecule has 22 heavy (non-hydrogen) atoms. The van der Waals surface area contributed by atoms with Crippen LogP contribution >= 0.6 is 0 Å². The van der Waals surface area contributed by atoms with E-state index in [0.29, 0.717) is 30.8 Å².